The minimum atomic E-state index is -0.363. The maximum absolute atomic E-state index is 13.5. The highest BCUT2D eigenvalue weighted by Gasteiger charge is 2.10. The zero-order chi connectivity index (χ0) is 13.6. The van der Waals surface area contributed by atoms with Gasteiger partial charge in [0, 0.05) is 11.6 Å². The molecule has 0 aliphatic carbocycles. The lowest BCUT2D eigenvalue weighted by Gasteiger charge is -1.99. The molecule has 3 aromatic rings. The van der Waals surface area contributed by atoms with Gasteiger partial charge in [0.2, 0.25) is 0 Å². The van der Waals surface area contributed by atoms with Gasteiger partial charge in [-0.25, -0.2) is 13.8 Å². The molecule has 1 aromatic heterocycles. The first-order chi connectivity index (χ1) is 9.04. The van der Waals surface area contributed by atoms with Gasteiger partial charge < -0.3 is 4.98 Å². The minimum absolute atomic E-state index is 0.287. The van der Waals surface area contributed by atoms with Crippen molar-refractivity contribution in [2.75, 3.05) is 0 Å². The molecule has 0 bridgehead atoms. The van der Waals surface area contributed by atoms with Crippen molar-refractivity contribution < 1.29 is 8.78 Å². The second-order valence-electron chi connectivity index (χ2n) is 4.33. The number of rotatable bonds is 1. The standard InChI is InChI=1S/C14H9BrF2N2/c1-7-2-3-8(4-10(7)16)14-18-12-5-9(15)11(17)6-13(12)19-14/h2-6H,1H3,(H,18,19). The molecular weight excluding hydrogens is 314 g/mol. The summed E-state index contributed by atoms with van der Waals surface area (Å²) >= 11 is 3.11. The number of aryl methyl sites for hydroxylation is 1. The van der Waals surface area contributed by atoms with Gasteiger partial charge in [0.25, 0.3) is 0 Å². The number of aromatic amines is 1. The molecule has 96 valence electrons. The Morgan fingerprint density at radius 1 is 1.11 bits per heavy atom. The lowest BCUT2D eigenvalue weighted by atomic mass is 10.1. The van der Waals surface area contributed by atoms with E-state index in [1.165, 1.54) is 12.1 Å². The highest BCUT2D eigenvalue weighted by atomic mass is 79.9. The Morgan fingerprint density at radius 2 is 1.89 bits per heavy atom. The fourth-order valence-electron chi connectivity index (χ4n) is 1.88. The van der Waals surface area contributed by atoms with Crippen molar-refractivity contribution in [3.8, 4) is 11.4 Å². The number of fused-ring (bicyclic) bond motifs is 1. The van der Waals surface area contributed by atoms with Gasteiger partial charge in [-0.3, -0.25) is 0 Å². The van der Waals surface area contributed by atoms with Crippen LogP contribution in [0.4, 0.5) is 8.78 Å². The number of nitrogens with one attached hydrogen (secondary N) is 1. The first kappa shape index (κ1) is 12.3. The number of H-pyrrole nitrogens is 1. The summed E-state index contributed by atoms with van der Waals surface area (Å²) in [5.41, 5.74) is 2.42. The van der Waals surface area contributed by atoms with Crippen molar-refractivity contribution in [3.05, 3.63) is 52.0 Å². The Hall–Kier alpha value is -1.75. The van der Waals surface area contributed by atoms with Crippen LogP contribution in [0.25, 0.3) is 22.4 Å². The molecule has 0 radical (unpaired) electrons. The van der Waals surface area contributed by atoms with E-state index in [-0.39, 0.29) is 11.6 Å². The van der Waals surface area contributed by atoms with E-state index >= 15 is 0 Å². The van der Waals surface area contributed by atoms with Gasteiger partial charge in [0.05, 0.1) is 15.5 Å². The molecule has 0 amide bonds. The SMILES string of the molecule is Cc1ccc(-c2nc3cc(Br)c(F)cc3[nH]2)cc1F. The van der Waals surface area contributed by atoms with E-state index in [1.54, 1.807) is 25.1 Å². The Labute approximate surface area is 116 Å². The van der Waals surface area contributed by atoms with Gasteiger partial charge in [0.1, 0.15) is 17.5 Å². The number of benzene rings is 2. The molecule has 0 unspecified atom stereocenters. The average molecular weight is 323 g/mol. The van der Waals surface area contributed by atoms with E-state index in [9.17, 15) is 8.78 Å². The Morgan fingerprint density at radius 3 is 2.63 bits per heavy atom. The molecule has 0 saturated heterocycles. The van der Waals surface area contributed by atoms with E-state index in [2.05, 4.69) is 25.9 Å². The minimum Gasteiger partial charge on any atom is -0.338 e. The molecule has 2 aromatic carbocycles. The summed E-state index contributed by atoms with van der Waals surface area (Å²) in [5, 5.41) is 0. The third-order valence-electron chi connectivity index (χ3n) is 2.97. The normalized spacial score (nSPS) is 11.2. The molecule has 1 heterocycles. The highest BCUT2D eigenvalue weighted by molar-refractivity contribution is 9.10. The Kier molecular flexibility index (Phi) is 2.86. The molecule has 5 heteroatoms. The summed E-state index contributed by atoms with van der Waals surface area (Å²) in [4.78, 5) is 7.32. The van der Waals surface area contributed by atoms with Gasteiger partial charge >= 0.3 is 0 Å². The van der Waals surface area contributed by atoms with Crippen molar-refractivity contribution in [2.24, 2.45) is 0 Å². The van der Waals surface area contributed by atoms with E-state index in [0.717, 1.165) is 0 Å². The fraction of sp³-hybridized carbons (Fsp3) is 0.0714. The number of aromatic nitrogens is 2. The third kappa shape index (κ3) is 2.14. The Balaban J connectivity index is 2.17. The van der Waals surface area contributed by atoms with Crippen LogP contribution >= 0.6 is 15.9 Å². The van der Waals surface area contributed by atoms with Crippen molar-refractivity contribution in [1.29, 1.82) is 0 Å². The first-order valence-corrected chi connectivity index (χ1v) is 6.45. The summed E-state index contributed by atoms with van der Waals surface area (Å²) in [6.45, 7) is 1.70. The maximum Gasteiger partial charge on any atom is 0.139 e. The van der Waals surface area contributed by atoms with E-state index in [1.807, 2.05) is 0 Å². The summed E-state index contributed by atoms with van der Waals surface area (Å²) in [5.74, 6) is -0.130. The van der Waals surface area contributed by atoms with Gasteiger partial charge in [0.15, 0.2) is 0 Å². The number of hydrogen-bond acceptors (Lipinski definition) is 1. The van der Waals surface area contributed by atoms with Crippen molar-refractivity contribution in [2.45, 2.75) is 6.92 Å². The fourth-order valence-corrected chi connectivity index (χ4v) is 2.21. The van der Waals surface area contributed by atoms with Gasteiger partial charge in [-0.15, -0.1) is 0 Å². The van der Waals surface area contributed by atoms with Gasteiger partial charge in [-0.1, -0.05) is 12.1 Å². The molecule has 0 aliphatic heterocycles. The summed E-state index contributed by atoms with van der Waals surface area (Å²) in [6.07, 6.45) is 0. The zero-order valence-electron chi connectivity index (χ0n) is 9.97. The van der Waals surface area contributed by atoms with Crippen LogP contribution < -0.4 is 0 Å². The second kappa shape index (κ2) is 4.42. The maximum atomic E-state index is 13.5. The van der Waals surface area contributed by atoms with Crippen LogP contribution in [0.15, 0.2) is 34.8 Å². The lowest BCUT2D eigenvalue weighted by Crippen LogP contribution is -1.85. The van der Waals surface area contributed by atoms with Crippen LogP contribution in [0, 0.1) is 18.6 Å². The molecule has 0 saturated carbocycles. The van der Waals surface area contributed by atoms with Crippen LogP contribution in [0.5, 0.6) is 0 Å². The van der Waals surface area contributed by atoms with Crippen LogP contribution in [-0.2, 0) is 0 Å². The molecule has 0 atom stereocenters. The van der Waals surface area contributed by atoms with E-state index in [4.69, 9.17) is 0 Å². The van der Waals surface area contributed by atoms with Crippen LogP contribution in [-0.4, -0.2) is 9.97 Å². The number of hydrogen-bond donors (Lipinski definition) is 1. The predicted molar refractivity (Wildman–Crippen MR) is 73.9 cm³/mol. The molecule has 2 nitrogen and oxygen atoms in total. The molecule has 19 heavy (non-hydrogen) atoms. The van der Waals surface area contributed by atoms with Crippen LogP contribution in [0.2, 0.25) is 0 Å². The number of halogens is 3. The lowest BCUT2D eigenvalue weighted by molar-refractivity contribution is 0.619. The molecule has 0 aliphatic rings. The number of imidazole rings is 1. The molecular formula is C14H9BrF2N2. The average Bonchev–Trinajstić information content (AvgIpc) is 2.76. The zero-order valence-corrected chi connectivity index (χ0v) is 11.6. The molecule has 3 rings (SSSR count). The second-order valence-corrected chi connectivity index (χ2v) is 5.19. The molecule has 1 N–H and O–H groups in total. The highest BCUT2D eigenvalue weighted by Crippen LogP contribution is 2.26. The van der Waals surface area contributed by atoms with Crippen molar-refractivity contribution in [3.63, 3.8) is 0 Å². The van der Waals surface area contributed by atoms with Crippen molar-refractivity contribution >= 4 is 27.0 Å². The first-order valence-electron chi connectivity index (χ1n) is 5.66. The van der Waals surface area contributed by atoms with Crippen LogP contribution in [0.3, 0.4) is 0 Å². The van der Waals surface area contributed by atoms with E-state index < -0.39 is 0 Å². The molecule has 0 spiro atoms. The quantitative estimate of drug-likeness (QED) is 0.698. The topological polar surface area (TPSA) is 28.7 Å². The summed E-state index contributed by atoms with van der Waals surface area (Å²) in [6, 6.07) is 7.84. The predicted octanol–water partition coefficient (Wildman–Crippen LogP) is 4.58. The van der Waals surface area contributed by atoms with Crippen LogP contribution in [0.1, 0.15) is 5.56 Å². The summed E-state index contributed by atoms with van der Waals surface area (Å²) < 4.78 is 27.3. The smallest absolute Gasteiger partial charge is 0.139 e. The van der Waals surface area contributed by atoms with Gasteiger partial charge in [-0.2, -0.15) is 0 Å². The molecule has 0 fully saturated rings. The van der Waals surface area contributed by atoms with E-state index in [0.29, 0.717) is 32.5 Å². The largest absolute Gasteiger partial charge is 0.338 e. The summed E-state index contributed by atoms with van der Waals surface area (Å²) in [7, 11) is 0. The number of nitrogens with zero attached hydrogens (tertiary/aromatic N) is 1. The monoisotopic (exact) mass is 322 g/mol. The third-order valence-corrected chi connectivity index (χ3v) is 3.58. The Bertz CT molecular complexity index is 741. The van der Waals surface area contributed by atoms with Gasteiger partial charge in [-0.05, 0) is 40.5 Å². The van der Waals surface area contributed by atoms with Crippen molar-refractivity contribution in [1.82, 2.24) is 9.97 Å².